The van der Waals surface area contributed by atoms with E-state index in [-0.39, 0.29) is 12.5 Å². The van der Waals surface area contributed by atoms with Crippen LogP contribution in [0, 0.1) is 5.92 Å². The lowest BCUT2D eigenvalue weighted by molar-refractivity contribution is -0.183. The van der Waals surface area contributed by atoms with Gasteiger partial charge in [-0.3, -0.25) is 0 Å². The standard InChI is InChI=1S/C12H22F3NO/c1-2-17-8-4-7-16-11-6-3-5-10(9-11)12(13,14)15/h10-11,16H,2-9H2,1H3. The first-order valence-corrected chi connectivity index (χ1v) is 6.42. The summed E-state index contributed by atoms with van der Waals surface area (Å²) in [6.07, 6.45) is -1.10. The van der Waals surface area contributed by atoms with Crippen LogP contribution in [0.25, 0.3) is 0 Å². The van der Waals surface area contributed by atoms with Gasteiger partial charge in [-0.25, -0.2) is 0 Å². The van der Waals surface area contributed by atoms with Crippen LogP contribution in [0.15, 0.2) is 0 Å². The molecule has 1 aliphatic rings. The summed E-state index contributed by atoms with van der Waals surface area (Å²) in [6.45, 7) is 4.05. The maximum atomic E-state index is 12.6. The van der Waals surface area contributed by atoms with E-state index in [1.165, 1.54) is 0 Å². The van der Waals surface area contributed by atoms with Gasteiger partial charge in [0.1, 0.15) is 0 Å². The smallest absolute Gasteiger partial charge is 0.382 e. The van der Waals surface area contributed by atoms with Crippen molar-refractivity contribution in [2.45, 2.75) is 51.2 Å². The normalized spacial score (nSPS) is 26.1. The molecule has 2 atom stereocenters. The third-order valence-electron chi connectivity index (χ3n) is 3.24. The molecule has 0 aromatic rings. The second-order valence-electron chi connectivity index (χ2n) is 4.61. The van der Waals surface area contributed by atoms with Crippen LogP contribution >= 0.6 is 0 Å². The highest BCUT2D eigenvalue weighted by Gasteiger charge is 2.41. The van der Waals surface area contributed by atoms with Crippen LogP contribution in [-0.2, 0) is 4.74 Å². The third kappa shape index (κ3) is 5.73. The fourth-order valence-electron chi connectivity index (χ4n) is 2.30. The van der Waals surface area contributed by atoms with Crippen molar-refractivity contribution in [1.29, 1.82) is 0 Å². The maximum Gasteiger partial charge on any atom is 0.391 e. The number of hydrogen-bond acceptors (Lipinski definition) is 2. The first kappa shape index (κ1) is 14.8. The number of rotatable bonds is 6. The van der Waals surface area contributed by atoms with E-state index in [0.717, 1.165) is 19.4 Å². The van der Waals surface area contributed by atoms with E-state index in [2.05, 4.69) is 5.32 Å². The topological polar surface area (TPSA) is 21.3 Å². The van der Waals surface area contributed by atoms with E-state index in [1.54, 1.807) is 0 Å². The molecule has 1 fully saturated rings. The predicted molar refractivity (Wildman–Crippen MR) is 60.9 cm³/mol. The molecule has 1 rings (SSSR count). The first-order chi connectivity index (χ1) is 8.04. The van der Waals surface area contributed by atoms with Gasteiger partial charge >= 0.3 is 6.18 Å². The Morgan fingerprint density at radius 3 is 2.71 bits per heavy atom. The van der Waals surface area contributed by atoms with Crippen molar-refractivity contribution in [3.63, 3.8) is 0 Å². The minimum atomic E-state index is -4.02. The van der Waals surface area contributed by atoms with Crippen LogP contribution in [0.2, 0.25) is 0 Å². The molecule has 0 bridgehead atoms. The predicted octanol–water partition coefficient (Wildman–Crippen LogP) is 3.12. The molecule has 0 saturated heterocycles. The zero-order chi connectivity index (χ0) is 12.7. The van der Waals surface area contributed by atoms with Gasteiger partial charge in [-0.2, -0.15) is 13.2 Å². The molecule has 17 heavy (non-hydrogen) atoms. The van der Waals surface area contributed by atoms with Crippen molar-refractivity contribution in [3.8, 4) is 0 Å². The van der Waals surface area contributed by atoms with Crippen LogP contribution in [0.1, 0.15) is 39.0 Å². The lowest BCUT2D eigenvalue weighted by Gasteiger charge is -2.31. The maximum absolute atomic E-state index is 12.6. The molecule has 0 aromatic carbocycles. The van der Waals surface area contributed by atoms with Crippen LogP contribution in [0.5, 0.6) is 0 Å². The third-order valence-corrected chi connectivity index (χ3v) is 3.24. The van der Waals surface area contributed by atoms with Gasteiger partial charge < -0.3 is 10.1 Å². The van der Waals surface area contributed by atoms with Crippen LogP contribution in [0.3, 0.4) is 0 Å². The van der Waals surface area contributed by atoms with Crippen molar-refractivity contribution in [1.82, 2.24) is 5.32 Å². The Morgan fingerprint density at radius 1 is 1.29 bits per heavy atom. The molecule has 1 N–H and O–H groups in total. The number of hydrogen-bond donors (Lipinski definition) is 1. The lowest BCUT2D eigenvalue weighted by atomic mass is 9.85. The Kier molecular flexibility index (Phi) is 6.27. The van der Waals surface area contributed by atoms with E-state index < -0.39 is 12.1 Å². The molecule has 0 aromatic heterocycles. The van der Waals surface area contributed by atoms with E-state index >= 15 is 0 Å². The van der Waals surface area contributed by atoms with E-state index in [9.17, 15) is 13.2 Å². The summed E-state index contributed by atoms with van der Waals surface area (Å²) in [7, 11) is 0. The minimum Gasteiger partial charge on any atom is -0.382 e. The molecule has 2 nitrogen and oxygen atoms in total. The van der Waals surface area contributed by atoms with Gasteiger partial charge in [-0.1, -0.05) is 6.42 Å². The Hall–Kier alpha value is -0.290. The van der Waals surface area contributed by atoms with Crippen LogP contribution in [-0.4, -0.2) is 32.0 Å². The Bertz CT molecular complexity index is 208. The molecule has 102 valence electrons. The average molecular weight is 253 g/mol. The fourth-order valence-corrected chi connectivity index (χ4v) is 2.30. The first-order valence-electron chi connectivity index (χ1n) is 6.42. The number of alkyl halides is 3. The van der Waals surface area contributed by atoms with Crippen molar-refractivity contribution in [3.05, 3.63) is 0 Å². The monoisotopic (exact) mass is 253 g/mol. The molecule has 0 spiro atoms. The van der Waals surface area contributed by atoms with Gasteiger partial charge in [0.2, 0.25) is 0 Å². The SMILES string of the molecule is CCOCCCNC1CCCC(C(F)(F)F)C1. The molecule has 5 heteroatoms. The quantitative estimate of drug-likeness (QED) is 0.734. The molecule has 0 radical (unpaired) electrons. The summed E-state index contributed by atoms with van der Waals surface area (Å²) in [5.41, 5.74) is 0. The minimum absolute atomic E-state index is 0.0250. The van der Waals surface area contributed by atoms with Crippen molar-refractivity contribution >= 4 is 0 Å². The van der Waals surface area contributed by atoms with Crippen molar-refractivity contribution in [2.24, 2.45) is 5.92 Å². The summed E-state index contributed by atoms with van der Waals surface area (Å²) in [5, 5.41) is 3.20. The molecular weight excluding hydrogens is 231 g/mol. The molecule has 1 aliphatic carbocycles. The second kappa shape index (κ2) is 7.21. The molecule has 0 amide bonds. The largest absolute Gasteiger partial charge is 0.391 e. The molecule has 0 heterocycles. The zero-order valence-corrected chi connectivity index (χ0v) is 10.4. The Labute approximate surface area is 101 Å². The highest BCUT2D eigenvalue weighted by Crippen LogP contribution is 2.37. The summed E-state index contributed by atoms with van der Waals surface area (Å²) >= 11 is 0. The highest BCUT2D eigenvalue weighted by molar-refractivity contribution is 4.81. The average Bonchev–Trinajstić information content (AvgIpc) is 2.28. The Balaban J connectivity index is 2.17. The highest BCUT2D eigenvalue weighted by atomic mass is 19.4. The lowest BCUT2D eigenvalue weighted by Crippen LogP contribution is -2.39. The number of halogens is 3. The number of ether oxygens (including phenoxy) is 1. The van der Waals surface area contributed by atoms with Crippen molar-refractivity contribution < 1.29 is 17.9 Å². The zero-order valence-electron chi connectivity index (χ0n) is 10.4. The van der Waals surface area contributed by atoms with E-state index in [4.69, 9.17) is 4.74 Å². The number of nitrogens with one attached hydrogen (secondary N) is 1. The van der Waals surface area contributed by atoms with Gasteiger partial charge in [0.25, 0.3) is 0 Å². The van der Waals surface area contributed by atoms with Gasteiger partial charge in [0.05, 0.1) is 5.92 Å². The summed E-state index contributed by atoms with van der Waals surface area (Å²) in [4.78, 5) is 0. The van der Waals surface area contributed by atoms with Gasteiger partial charge in [-0.15, -0.1) is 0 Å². The molecular formula is C12H22F3NO. The van der Waals surface area contributed by atoms with Gasteiger partial charge in [-0.05, 0) is 39.2 Å². The molecule has 2 unspecified atom stereocenters. The van der Waals surface area contributed by atoms with Crippen molar-refractivity contribution in [2.75, 3.05) is 19.8 Å². The van der Waals surface area contributed by atoms with E-state index in [1.807, 2.05) is 6.92 Å². The second-order valence-corrected chi connectivity index (χ2v) is 4.61. The van der Waals surface area contributed by atoms with Gasteiger partial charge in [0.15, 0.2) is 0 Å². The summed E-state index contributed by atoms with van der Waals surface area (Å²) in [6, 6.07) is 0.0250. The fraction of sp³-hybridized carbons (Fsp3) is 1.00. The van der Waals surface area contributed by atoms with Gasteiger partial charge in [0, 0.05) is 19.3 Å². The molecule has 0 aliphatic heterocycles. The van der Waals surface area contributed by atoms with Crippen LogP contribution < -0.4 is 5.32 Å². The van der Waals surface area contributed by atoms with E-state index in [0.29, 0.717) is 26.1 Å². The molecule has 1 saturated carbocycles. The Morgan fingerprint density at radius 2 is 2.06 bits per heavy atom. The van der Waals surface area contributed by atoms with Crippen LogP contribution in [0.4, 0.5) is 13.2 Å². The summed E-state index contributed by atoms with van der Waals surface area (Å²) < 4.78 is 42.8. The summed E-state index contributed by atoms with van der Waals surface area (Å²) in [5.74, 6) is -1.11.